The first kappa shape index (κ1) is 18.7. The minimum absolute atomic E-state index is 0.557. The third-order valence-electron chi connectivity index (χ3n) is 5.60. The van der Waals surface area contributed by atoms with E-state index in [9.17, 15) is 0 Å². The van der Waals surface area contributed by atoms with Gasteiger partial charge >= 0.3 is 0 Å². The van der Waals surface area contributed by atoms with Crippen LogP contribution in [0.3, 0.4) is 0 Å². The van der Waals surface area contributed by atoms with Crippen LogP contribution in [-0.4, -0.2) is 20.6 Å². The summed E-state index contributed by atoms with van der Waals surface area (Å²) in [6, 6.07) is 18.4. The Balaban J connectivity index is 1.36. The molecule has 0 saturated heterocycles. The molecule has 0 aliphatic heterocycles. The van der Waals surface area contributed by atoms with Crippen LogP contribution in [0.5, 0.6) is 0 Å². The highest BCUT2D eigenvalue weighted by Crippen LogP contribution is 2.25. The Morgan fingerprint density at radius 2 is 1.80 bits per heavy atom. The number of nitrogens with zero attached hydrogens (tertiary/aromatic N) is 3. The highest BCUT2D eigenvalue weighted by Gasteiger charge is 2.19. The summed E-state index contributed by atoms with van der Waals surface area (Å²) in [6.45, 7) is 0. The van der Waals surface area contributed by atoms with Crippen molar-refractivity contribution in [3.8, 4) is 23.0 Å². The highest BCUT2D eigenvalue weighted by atomic mass is 35.5. The second kappa shape index (κ2) is 7.85. The molecule has 5 rings (SSSR count). The van der Waals surface area contributed by atoms with E-state index < -0.39 is 0 Å². The van der Waals surface area contributed by atoms with E-state index in [0.717, 1.165) is 44.4 Å². The number of nitrogens with one attached hydrogen (secondary N) is 1. The molecule has 1 aliphatic carbocycles. The standard InChI is InChI=1S/C25H21ClN4/c1-30-24-14-6-17(15-23(24)29-25(30)28-22-3-2-4-22)5-12-21-13-9-19(16-27-21)18-7-10-20(26)11-8-18/h6-11,13-16,22H,2-4H2,1H3,(H,28,29). The molecule has 2 aromatic carbocycles. The summed E-state index contributed by atoms with van der Waals surface area (Å²) < 4.78 is 2.11. The summed E-state index contributed by atoms with van der Waals surface area (Å²) in [5, 5.41) is 4.26. The maximum absolute atomic E-state index is 5.96. The first-order valence-electron chi connectivity index (χ1n) is 10.1. The van der Waals surface area contributed by atoms with E-state index in [1.807, 2.05) is 61.8 Å². The van der Waals surface area contributed by atoms with Crippen molar-refractivity contribution in [3.05, 3.63) is 77.1 Å². The van der Waals surface area contributed by atoms with Gasteiger partial charge in [-0.1, -0.05) is 35.7 Å². The smallest absolute Gasteiger partial charge is 0.203 e. The second-order valence-electron chi connectivity index (χ2n) is 7.66. The van der Waals surface area contributed by atoms with Gasteiger partial charge in [0, 0.05) is 35.4 Å². The topological polar surface area (TPSA) is 42.7 Å². The first-order chi connectivity index (χ1) is 14.7. The zero-order valence-corrected chi connectivity index (χ0v) is 17.4. The number of imidazole rings is 1. The molecule has 4 aromatic rings. The molecular formula is C25H21ClN4. The summed E-state index contributed by atoms with van der Waals surface area (Å²) in [5.41, 5.74) is 5.85. The number of hydrogen-bond acceptors (Lipinski definition) is 3. The number of aromatic nitrogens is 3. The number of fused-ring (bicyclic) bond motifs is 1. The lowest BCUT2D eigenvalue weighted by atomic mass is 9.93. The third-order valence-corrected chi connectivity index (χ3v) is 5.85. The number of hydrogen-bond donors (Lipinski definition) is 1. The number of benzene rings is 2. The minimum Gasteiger partial charge on any atom is -0.353 e. The van der Waals surface area contributed by atoms with E-state index in [-0.39, 0.29) is 0 Å². The Kier molecular flexibility index (Phi) is 4.90. The predicted octanol–water partition coefficient (Wildman–Crippen LogP) is 5.65. The SMILES string of the molecule is Cn1c(NC2CCC2)nc2cc(C#Cc3ccc(-c4ccc(Cl)cc4)cn3)ccc21. The van der Waals surface area contributed by atoms with E-state index >= 15 is 0 Å². The molecule has 0 unspecified atom stereocenters. The third kappa shape index (κ3) is 3.77. The van der Waals surface area contributed by atoms with Crippen LogP contribution < -0.4 is 5.32 Å². The second-order valence-corrected chi connectivity index (χ2v) is 8.10. The largest absolute Gasteiger partial charge is 0.353 e. The van der Waals surface area contributed by atoms with Crippen LogP contribution in [0.15, 0.2) is 60.8 Å². The van der Waals surface area contributed by atoms with E-state index in [0.29, 0.717) is 6.04 Å². The van der Waals surface area contributed by atoms with Crippen molar-refractivity contribution in [2.75, 3.05) is 5.32 Å². The van der Waals surface area contributed by atoms with Gasteiger partial charge in [-0.2, -0.15) is 0 Å². The molecule has 4 nitrogen and oxygen atoms in total. The van der Waals surface area contributed by atoms with Crippen LogP contribution in [0.2, 0.25) is 5.02 Å². The number of anilines is 1. The predicted molar refractivity (Wildman–Crippen MR) is 123 cm³/mol. The van der Waals surface area contributed by atoms with E-state index in [1.165, 1.54) is 19.3 Å². The molecule has 1 aliphatic rings. The van der Waals surface area contributed by atoms with Crippen LogP contribution in [0.25, 0.3) is 22.2 Å². The monoisotopic (exact) mass is 412 g/mol. The lowest BCUT2D eigenvalue weighted by molar-refractivity contribution is 0.442. The Hall–Kier alpha value is -3.29. The van der Waals surface area contributed by atoms with E-state index in [4.69, 9.17) is 16.6 Å². The highest BCUT2D eigenvalue weighted by molar-refractivity contribution is 6.30. The average Bonchev–Trinajstić information content (AvgIpc) is 3.05. The molecule has 0 bridgehead atoms. The molecule has 0 spiro atoms. The number of aryl methyl sites for hydroxylation is 1. The Morgan fingerprint density at radius 3 is 2.50 bits per heavy atom. The zero-order chi connectivity index (χ0) is 20.5. The molecule has 1 fully saturated rings. The minimum atomic E-state index is 0.557. The van der Waals surface area contributed by atoms with Crippen LogP contribution in [0.4, 0.5) is 5.95 Å². The van der Waals surface area contributed by atoms with Crippen molar-refractivity contribution in [3.63, 3.8) is 0 Å². The van der Waals surface area contributed by atoms with Crippen molar-refractivity contribution in [1.29, 1.82) is 0 Å². The maximum Gasteiger partial charge on any atom is 0.203 e. The fraction of sp³-hybridized carbons (Fsp3) is 0.200. The summed E-state index contributed by atoms with van der Waals surface area (Å²) >= 11 is 5.96. The summed E-state index contributed by atoms with van der Waals surface area (Å²) in [6.07, 6.45) is 5.59. The lowest BCUT2D eigenvalue weighted by Crippen LogP contribution is -2.28. The Bertz CT molecular complexity index is 1260. The van der Waals surface area contributed by atoms with Gasteiger partial charge in [0.15, 0.2) is 0 Å². The normalized spacial score (nSPS) is 13.5. The van der Waals surface area contributed by atoms with Gasteiger partial charge in [0.1, 0.15) is 5.69 Å². The molecule has 5 heteroatoms. The van der Waals surface area contributed by atoms with E-state index in [2.05, 4.69) is 32.8 Å². The molecule has 30 heavy (non-hydrogen) atoms. The molecular weight excluding hydrogens is 392 g/mol. The quantitative estimate of drug-likeness (QED) is 0.442. The fourth-order valence-corrected chi connectivity index (χ4v) is 3.68. The van der Waals surface area contributed by atoms with Gasteiger partial charge < -0.3 is 9.88 Å². The molecule has 0 amide bonds. The molecule has 2 aromatic heterocycles. The van der Waals surface area contributed by atoms with Crippen LogP contribution >= 0.6 is 11.6 Å². The van der Waals surface area contributed by atoms with Gasteiger partial charge in [-0.25, -0.2) is 9.97 Å². The molecule has 1 N–H and O–H groups in total. The van der Waals surface area contributed by atoms with Crippen LogP contribution in [-0.2, 0) is 7.05 Å². The van der Waals surface area contributed by atoms with Crippen molar-refractivity contribution in [2.24, 2.45) is 7.05 Å². The number of halogens is 1. The fourth-order valence-electron chi connectivity index (χ4n) is 3.56. The van der Waals surface area contributed by atoms with Gasteiger partial charge in [0.25, 0.3) is 0 Å². The van der Waals surface area contributed by atoms with E-state index in [1.54, 1.807) is 0 Å². The van der Waals surface area contributed by atoms with Gasteiger partial charge in [-0.15, -0.1) is 0 Å². The first-order valence-corrected chi connectivity index (χ1v) is 10.5. The maximum atomic E-state index is 5.96. The molecule has 0 atom stereocenters. The van der Waals surface area contributed by atoms with Gasteiger partial charge in [-0.05, 0) is 67.1 Å². The van der Waals surface area contributed by atoms with Crippen LogP contribution in [0, 0.1) is 11.8 Å². The average molecular weight is 413 g/mol. The zero-order valence-electron chi connectivity index (χ0n) is 16.7. The van der Waals surface area contributed by atoms with Crippen molar-refractivity contribution in [2.45, 2.75) is 25.3 Å². The number of rotatable bonds is 3. The lowest BCUT2D eigenvalue weighted by Gasteiger charge is -2.26. The summed E-state index contributed by atoms with van der Waals surface area (Å²) in [5.74, 6) is 7.29. The molecule has 148 valence electrons. The molecule has 0 radical (unpaired) electrons. The van der Waals surface area contributed by atoms with Crippen LogP contribution in [0.1, 0.15) is 30.5 Å². The molecule has 2 heterocycles. The Morgan fingerprint density at radius 1 is 1.00 bits per heavy atom. The van der Waals surface area contributed by atoms with Gasteiger partial charge in [0.05, 0.1) is 11.0 Å². The van der Waals surface area contributed by atoms with Crippen molar-refractivity contribution in [1.82, 2.24) is 14.5 Å². The van der Waals surface area contributed by atoms with Crippen molar-refractivity contribution >= 4 is 28.6 Å². The summed E-state index contributed by atoms with van der Waals surface area (Å²) in [7, 11) is 2.05. The Labute approximate surface area is 180 Å². The molecule has 1 saturated carbocycles. The number of pyridine rings is 1. The van der Waals surface area contributed by atoms with Gasteiger partial charge in [-0.3, -0.25) is 0 Å². The summed E-state index contributed by atoms with van der Waals surface area (Å²) in [4.78, 5) is 9.25. The van der Waals surface area contributed by atoms with Gasteiger partial charge in [0.2, 0.25) is 5.95 Å². The van der Waals surface area contributed by atoms with Crippen molar-refractivity contribution < 1.29 is 0 Å².